The Morgan fingerprint density at radius 2 is 1.56 bits per heavy atom. The molecule has 0 unspecified atom stereocenters. The monoisotopic (exact) mass is 122 g/mol. The molecule has 4 heteroatoms. The molecule has 0 amide bonds. The van der Waals surface area contributed by atoms with Gasteiger partial charge < -0.3 is 9.47 Å². The molecule has 0 radical (unpaired) electrons. The standard InChI is InChI=1S/C5H6O3.Li.H/c1-3-7-5(6)8-4-2;;/h3-4H,1-2H2;;. The first-order chi connectivity index (χ1) is 3.81. The number of hydrogen-bond donors (Lipinski definition) is 0. The summed E-state index contributed by atoms with van der Waals surface area (Å²) in [5.41, 5.74) is 0. The van der Waals surface area contributed by atoms with E-state index in [1.165, 1.54) is 0 Å². The van der Waals surface area contributed by atoms with Gasteiger partial charge in [-0.15, -0.1) is 0 Å². The van der Waals surface area contributed by atoms with Crippen LogP contribution in [0.5, 0.6) is 0 Å². The van der Waals surface area contributed by atoms with E-state index < -0.39 is 6.16 Å². The molecule has 0 saturated heterocycles. The average molecular weight is 122 g/mol. The minimum atomic E-state index is -0.824. The SMILES string of the molecule is C=COC(=O)OC=C.[LiH]. The molecule has 0 fully saturated rings. The molecule has 0 aromatic carbocycles. The third-order valence-corrected chi connectivity index (χ3v) is 0.359. The molecule has 0 atom stereocenters. The molecule has 0 aromatic rings. The van der Waals surface area contributed by atoms with Crippen LogP contribution in [-0.2, 0) is 9.47 Å². The molecule has 0 saturated carbocycles. The molecule has 0 bridgehead atoms. The van der Waals surface area contributed by atoms with Crippen LogP contribution in [0.25, 0.3) is 0 Å². The van der Waals surface area contributed by atoms with Crippen LogP contribution in [-0.4, -0.2) is 25.0 Å². The van der Waals surface area contributed by atoms with Crippen LogP contribution in [0.1, 0.15) is 0 Å². The van der Waals surface area contributed by atoms with E-state index in [4.69, 9.17) is 0 Å². The summed E-state index contributed by atoms with van der Waals surface area (Å²) in [4.78, 5) is 10.1. The van der Waals surface area contributed by atoms with Gasteiger partial charge in [-0.1, -0.05) is 13.2 Å². The summed E-state index contributed by atoms with van der Waals surface area (Å²) in [5.74, 6) is 0. The Morgan fingerprint density at radius 3 is 1.78 bits per heavy atom. The predicted molar refractivity (Wildman–Crippen MR) is 35.1 cm³/mol. The van der Waals surface area contributed by atoms with Gasteiger partial charge in [0, 0.05) is 0 Å². The Labute approximate surface area is 65.5 Å². The number of carbonyl (C=O) groups excluding carboxylic acids is 1. The zero-order valence-corrected chi connectivity index (χ0v) is 4.29. The number of rotatable bonds is 2. The van der Waals surface area contributed by atoms with Crippen molar-refractivity contribution in [1.82, 2.24) is 0 Å². The maximum absolute atomic E-state index is 10.1. The van der Waals surface area contributed by atoms with E-state index in [1.54, 1.807) is 0 Å². The average Bonchev–Trinajstić information content (AvgIpc) is 1.68. The van der Waals surface area contributed by atoms with Crippen molar-refractivity contribution in [2.45, 2.75) is 0 Å². The van der Waals surface area contributed by atoms with Crippen molar-refractivity contribution >= 4 is 25.0 Å². The summed E-state index contributed by atoms with van der Waals surface area (Å²) in [5, 5.41) is 0. The molecule has 0 aliphatic carbocycles. The van der Waals surface area contributed by atoms with Crippen molar-refractivity contribution in [3.05, 3.63) is 25.7 Å². The van der Waals surface area contributed by atoms with Crippen molar-refractivity contribution in [3.8, 4) is 0 Å². The van der Waals surface area contributed by atoms with E-state index in [-0.39, 0.29) is 18.9 Å². The van der Waals surface area contributed by atoms with Gasteiger partial charge >= 0.3 is 25.0 Å². The van der Waals surface area contributed by atoms with Gasteiger partial charge in [0.05, 0.1) is 12.5 Å². The van der Waals surface area contributed by atoms with Crippen LogP contribution in [0.3, 0.4) is 0 Å². The van der Waals surface area contributed by atoms with Crippen molar-refractivity contribution < 1.29 is 14.3 Å². The summed E-state index contributed by atoms with van der Waals surface area (Å²) in [6.45, 7) is 6.25. The van der Waals surface area contributed by atoms with E-state index in [0.29, 0.717) is 0 Å². The summed E-state index contributed by atoms with van der Waals surface area (Å²) >= 11 is 0. The van der Waals surface area contributed by atoms with Gasteiger partial charge in [-0.2, -0.15) is 0 Å². The van der Waals surface area contributed by atoms with Crippen LogP contribution in [0.4, 0.5) is 4.79 Å². The Kier molecular flexibility index (Phi) is 9.13. The first-order valence-corrected chi connectivity index (χ1v) is 1.90. The van der Waals surface area contributed by atoms with Crippen molar-refractivity contribution in [2.24, 2.45) is 0 Å². The fourth-order valence-corrected chi connectivity index (χ4v) is 0.164. The molecule has 0 aliphatic rings. The van der Waals surface area contributed by atoms with Crippen LogP contribution >= 0.6 is 0 Å². The Hall–Kier alpha value is -0.653. The fraction of sp³-hybridized carbons (Fsp3) is 0. The quantitative estimate of drug-likeness (QED) is 0.308. The third kappa shape index (κ3) is 7.35. The van der Waals surface area contributed by atoms with Gasteiger partial charge in [0.15, 0.2) is 0 Å². The zero-order chi connectivity index (χ0) is 6.41. The van der Waals surface area contributed by atoms with Crippen LogP contribution < -0.4 is 0 Å². The van der Waals surface area contributed by atoms with Crippen LogP contribution in [0, 0.1) is 0 Å². The fourth-order valence-electron chi connectivity index (χ4n) is 0.164. The topological polar surface area (TPSA) is 35.5 Å². The second-order valence-electron chi connectivity index (χ2n) is 0.819. The second kappa shape index (κ2) is 7.35. The summed E-state index contributed by atoms with van der Waals surface area (Å²) < 4.78 is 8.23. The van der Waals surface area contributed by atoms with E-state index >= 15 is 0 Å². The normalized spacial score (nSPS) is 6.22. The first-order valence-electron chi connectivity index (χ1n) is 1.90. The molecule has 3 nitrogen and oxygen atoms in total. The van der Waals surface area contributed by atoms with Gasteiger partial charge in [-0.05, 0) is 0 Å². The molecule has 9 heavy (non-hydrogen) atoms. The Balaban J connectivity index is 0. The van der Waals surface area contributed by atoms with Crippen LogP contribution in [0.2, 0.25) is 0 Å². The second-order valence-corrected chi connectivity index (χ2v) is 0.819. The van der Waals surface area contributed by atoms with E-state index in [2.05, 4.69) is 22.6 Å². The first kappa shape index (κ1) is 11.2. The van der Waals surface area contributed by atoms with Crippen molar-refractivity contribution in [3.63, 3.8) is 0 Å². The zero-order valence-electron chi connectivity index (χ0n) is 4.29. The molecular weight excluding hydrogens is 115 g/mol. The molecular formula is C5H7LiO3. The van der Waals surface area contributed by atoms with Gasteiger partial charge in [0.25, 0.3) is 0 Å². The van der Waals surface area contributed by atoms with Gasteiger partial charge in [-0.25, -0.2) is 4.79 Å². The van der Waals surface area contributed by atoms with E-state index in [9.17, 15) is 4.79 Å². The molecule has 0 rings (SSSR count). The Bertz CT molecular complexity index is 98.8. The molecule has 0 N–H and O–H groups in total. The molecule has 0 spiro atoms. The summed E-state index contributed by atoms with van der Waals surface area (Å²) in [6.07, 6.45) is 1.13. The summed E-state index contributed by atoms with van der Waals surface area (Å²) in [6, 6.07) is 0. The number of hydrogen-bond acceptors (Lipinski definition) is 3. The maximum atomic E-state index is 10.1. The van der Waals surface area contributed by atoms with Crippen molar-refractivity contribution in [1.29, 1.82) is 0 Å². The molecule has 46 valence electrons. The van der Waals surface area contributed by atoms with Crippen molar-refractivity contribution in [2.75, 3.05) is 0 Å². The minimum absolute atomic E-state index is 0. The van der Waals surface area contributed by atoms with Gasteiger partial charge in [-0.3, -0.25) is 0 Å². The molecule has 0 aromatic heterocycles. The van der Waals surface area contributed by atoms with Gasteiger partial charge in [0.1, 0.15) is 0 Å². The molecule has 0 aliphatic heterocycles. The van der Waals surface area contributed by atoms with E-state index in [0.717, 1.165) is 12.5 Å². The summed E-state index contributed by atoms with van der Waals surface area (Å²) in [7, 11) is 0. The number of ether oxygens (including phenoxy) is 2. The van der Waals surface area contributed by atoms with E-state index in [1.807, 2.05) is 0 Å². The Morgan fingerprint density at radius 1 is 1.22 bits per heavy atom. The third-order valence-electron chi connectivity index (χ3n) is 0.359. The predicted octanol–water partition coefficient (Wildman–Crippen LogP) is 0.778. The van der Waals surface area contributed by atoms with Gasteiger partial charge in [0.2, 0.25) is 0 Å². The number of carbonyl (C=O) groups is 1. The van der Waals surface area contributed by atoms with Crippen LogP contribution in [0.15, 0.2) is 25.7 Å². The molecule has 0 heterocycles.